The zero-order chi connectivity index (χ0) is 18.3. The van der Waals surface area contributed by atoms with Crippen LogP contribution in [-0.2, 0) is 20.4 Å². The van der Waals surface area contributed by atoms with Crippen LogP contribution in [0.15, 0.2) is 34.5 Å². The highest BCUT2D eigenvalue weighted by atomic mass is 32.2. The van der Waals surface area contributed by atoms with E-state index in [-0.39, 0.29) is 17.6 Å². The van der Waals surface area contributed by atoms with Crippen molar-refractivity contribution in [3.8, 4) is 0 Å². The first kappa shape index (κ1) is 17.7. The number of fused-ring (bicyclic) bond motifs is 1. The van der Waals surface area contributed by atoms with Gasteiger partial charge in [-0.2, -0.15) is 0 Å². The smallest absolute Gasteiger partial charge is 0.229 e. The molecule has 138 valence electrons. The molecular formula is C19H22N2O3S2. The van der Waals surface area contributed by atoms with Gasteiger partial charge in [-0.25, -0.2) is 13.4 Å². The number of amides is 1. The molecule has 1 aromatic carbocycles. The summed E-state index contributed by atoms with van der Waals surface area (Å²) in [6.45, 7) is 1.92. The van der Waals surface area contributed by atoms with Crippen molar-refractivity contribution in [3.63, 3.8) is 0 Å². The maximum Gasteiger partial charge on any atom is 0.229 e. The molecule has 2 aliphatic rings. The Balaban J connectivity index is 1.40. The van der Waals surface area contributed by atoms with Gasteiger partial charge in [0.15, 0.2) is 15.0 Å². The second-order valence-corrected chi connectivity index (χ2v) is 10.2. The predicted octanol–water partition coefficient (Wildman–Crippen LogP) is 3.80. The van der Waals surface area contributed by atoms with Gasteiger partial charge in [-0.05, 0) is 43.7 Å². The molecule has 1 amide bonds. The van der Waals surface area contributed by atoms with Crippen LogP contribution in [0.1, 0.15) is 36.9 Å². The van der Waals surface area contributed by atoms with Crippen molar-refractivity contribution in [2.24, 2.45) is 17.8 Å². The number of nitrogens with zero attached hydrogens (tertiary/aromatic N) is 1. The number of thiazole rings is 1. The maximum absolute atomic E-state index is 12.5. The van der Waals surface area contributed by atoms with E-state index in [4.69, 9.17) is 0 Å². The van der Waals surface area contributed by atoms with Crippen LogP contribution in [0.2, 0.25) is 0 Å². The quantitative estimate of drug-likeness (QED) is 0.842. The summed E-state index contributed by atoms with van der Waals surface area (Å²) in [6.07, 6.45) is 4.76. The number of nitrogens with one attached hydrogen (secondary N) is 1. The Morgan fingerprint density at radius 2 is 1.85 bits per heavy atom. The first-order chi connectivity index (χ1) is 12.4. The van der Waals surface area contributed by atoms with Crippen LogP contribution in [0.3, 0.4) is 0 Å². The largest absolute Gasteiger partial charge is 0.302 e. The van der Waals surface area contributed by atoms with Crippen molar-refractivity contribution in [3.05, 3.63) is 40.9 Å². The van der Waals surface area contributed by atoms with E-state index in [1.54, 1.807) is 29.6 Å². The Hall–Kier alpha value is -1.73. The Labute approximate surface area is 157 Å². The third-order valence-corrected chi connectivity index (χ3v) is 7.93. The first-order valence-corrected chi connectivity index (χ1v) is 11.5. The number of rotatable bonds is 5. The molecule has 2 aliphatic carbocycles. The standard InChI is InChI=1S/C19H22N2O3S2/c1-12-6-8-14(9-7-12)26(23,24)11-13-10-25-19(20-13)21-18(22)17-15-4-2-3-5-16(15)17/h6-10,15-17H,2-5,11H2,1H3,(H,20,21,22)/t15-,16+,17?. The van der Waals surface area contributed by atoms with Gasteiger partial charge in [0, 0.05) is 11.3 Å². The fraction of sp³-hybridized carbons (Fsp3) is 0.474. The van der Waals surface area contributed by atoms with Gasteiger partial charge in [-0.1, -0.05) is 30.5 Å². The number of aryl methyl sites for hydroxylation is 1. The maximum atomic E-state index is 12.5. The third-order valence-electron chi connectivity index (χ3n) is 5.46. The van der Waals surface area contributed by atoms with E-state index >= 15 is 0 Å². The van der Waals surface area contributed by atoms with Gasteiger partial charge >= 0.3 is 0 Å². The molecule has 0 spiro atoms. The molecule has 1 aromatic heterocycles. The monoisotopic (exact) mass is 390 g/mol. The molecule has 1 unspecified atom stereocenters. The molecule has 5 nitrogen and oxygen atoms in total. The molecule has 4 rings (SSSR count). The number of hydrogen-bond donors (Lipinski definition) is 1. The molecule has 0 bridgehead atoms. The van der Waals surface area contributed by atoms with E-state index in [0.717, 1.165) is 18.4 Å². The summed E-state index contributed by atoms with van der Waals surface area (Å²) in [7, 11) is -3.43. The van der Waals surface area contributed by atoms with E-state index < -0.39 is 9.84 Å². The molecule has 7 heteroatoms. The van der Waals surface area contributed by atoms with Gasteiger partial charge in [0.25, 0.3) is 0 Å². The van der Waals surface area contributed by atoms with E-state index in [1.807, 2.05) is 6.92 Å². The highest BCUT2D eigenvalue weighted by Crippen LogP contribution is 2.55. The third kappa shape index (κ3) is 3.55. The van der Waals surface area contributed by atoms with Gasteiger partial charge < -0.3 is 5.32 Å². The lowest BCUT2D eigenvalue weighted by Gasteiger charge is -2.04. The fourth-order valence-electron chi connectivity index (χ4n) is 4.02. The van der Waals surface area contributed by atoms with Gasteiger partial charge in [0.05, 0.1) is 16.3 Å². The molecular weight excluding hydrogens is 368 g/mol. The van der Waals surface area contributed by atoms with E-state index in [0.29, 0.717) is 27.6 Å². The predicted molar refractivity (Wildman–Crippen MR) is 102 cm³/mol. The number of carbonyl (C=O) groups is 1. The van der Waals surface area contributed by atoms with Crippen molar-refractivity contribution < 1.29 is 13.2 Å². The van der Waals surface area contributed by atoms with Gasteiger partial charge in [0.2, 0.25) is 5.91 Å². The van der Waals surface area contributed by atoms with Crippen molar-refractivity contribution in [2.75, 3.05) is 5.32 Å². The zero-order valence-electron chi connectivity index (χ0n) is 14.6. The second-order valence-electron chi connectivity index (χ2n) is 7.34. The minimum Gasteiger partial charge on any atom is -0.302 e. The number of anilines is 1. The Morgan fingerprint density at radius 3 is 2.50 bits per heavy atom. The van der Waals surface area contributed by atoms with Crippen LogP contribution < -0.4 is 5.32 Å². The van der Waals surface area contributed by atoms with Crippen molar-refractivity contribution in [2.45, 2.75) is 43.3 Å². The highest BCUT2D eigenvalue weighted by molar-refractivity contribution is 7.90. The van der Waals surface area contributed by atoms with Crippen LogP contribution >= 0.6 is 11.3 Å². The van der Waals surface area contributed by atoms with Gasteiger partial charge in [-0.3, -0.25) is 4.79 Å². The average Bonchev–Trinajstić information content (AvgIpc) is 3.20. The number of aromatic nitrogens is 1. The molecule has 0 radical (unpaired) electrons. The van der Waals surface area contributed by atoms with Crippen molar-refractivity contribution in [1.29, 1.82) is 0 Å². The molecule has 1 N–H and O–H groups in total. The minimum atomic E-state index is -3.43. The van der Waals surface area contributed by atoms with E-state index in [2.05, 4.69) is 10.3 Å². The molecule has 3 atom stereocenters. The second kappa shape index (κ2) is 6.78. The van der Waals surface area contributed by atoms with E-state index in [1.165, 1.54) is 24.2 Å². The average molecular weight is 391 g/mol. The summed E-state index contributed by atoms with van der Waals surface area (Å²) in [6, 6.07) is 6.81. The Bertz CT molecular complexity index is 907. The lowest BCUT2D eigenvalue weighted by atomic mass is 10.0. The lowest BCUT2D eigenvalue weighted by Crippen LogP contribution is -2.15. The van der Waals surface area contributed by atoms with E-state index in [9.17, 15) is 13.2 Å². The Morgan fingerprint density at radius 1 is 1.19 bits per heavy atom. The minimum absolute atomic E-state index is 0.0455. The topological polar surface area (TPSA) is 76.1 Å². The lowest BCUT2D eigenvalue weighted by molar-refractivity contribution is -0.117. The summed E-state index contributed by atoms with van der Waals surface area (Å²) in [4.78, 5) is 17.0. The number of carbonyl (C=O) groups excluding carboxylic acids is 1. The van der Waals surface area contributed by atoms with Crippen LogP contribution in [0.25, 0.3) is 0 Å². The number of hydrogen-bond acceptors (Lipinski definition) is 5. The normalized spacial score (nSPS) is 24.7. The molecule has 0 aliphatic heterocycles. The molecule has 26 heavy (non-hydrogen) atoms. The Kier molecular flexibility index (Phi) is 4.61. The molecule has 1 heterocycles. The molecule has 2 fully saturated rings. The van der Waals surface area contributed by atoms with Gasteiger partial charge in [0.1, 0.15) is 0 Å². The summed E-state index contributed by atoms with van der Waals surface area (Å²) in [5.41, 5.74) is 1.49. The molecule has 2 aromatic rings. The number of benzene rings is 1. The van der Waals surface area contributed by atoms with Crippen LogP contribution in [0, 0.1) is 24.7 Å². The van der Waals surface area contributed by atoms with Crippen LogP contribution in [0.5, 0.6) is 0 Å². The van der Waals surface area contributed by atoms with Crippen molar-refractivity contribution in [1.82, 2.24) is 4.98 Å². The van der Waals surface area contributed by atoms with Crippen LogP contribution in [-0.4, -0.2) is 19.3 Å². The summed E-state index contributed by atoms with van der Waals surface area (Å²) in [5.74, 6) is 1.11. The fourth-order valence-corrected chi connectivity index (χ4v) is 6.10. The van der Waals surface area contributed by atoms with Crippen LogP contribution in [0.4, 0.5) is 5.13 Å². The van der Waals surface area contributed by atoms with Gasteiger partial charge in [-0.15, -0.1) is 11.3 Å². The SMILES string of the molecule is Cc1ccc(S(=O)(=O)Cc2csc(NC(=O)C3[C@H]4CCCC[C@@H]34)n2)cc1. The first-order valence-electron chi connectivity index (χ1n) is 8.99. The van der Waals surface area contributed by atoms with Crippen molar-refractivity contribution >= 4 is 32.2 Å². The number of sulfone groups is 1. The molecule has 0 saturated heterocycles. The summed E-state index contributed by atoms with van der Waals surface area (Å²) < 4.78 is 25.0. The summed E-state index contributed by atoms with van der Waals surface area (Å²) in [5, 5.41) is 5.09. The molecule has 2 saturated carbocycles. The zero-order valence-corrected chi connectivity index (χ0v) is 16.3. The highest BCUT2D eigenvalue weighted by Gasteiger charge is 2.54. The summed E-state index contributed by atoms with van der Waals surface area (Å²) >= 11 is 1.29.